The molecular formula is C19H22N4O3. The molecule has 2 fully saturated rings. The predicted molar refractivity (Wildman–Crippen MR) is 97.3 cm³/mol. The van der Waals surface area contributed by atoms with Crippen molar-refractivity contribution in [1.29, 1.82) is 0 Å². The summed E-state index contributed by atoms with van der Waals surface area (Å²) in [7, 11) is 1.75. The van der Waals surface area contributed by atoms with Gasteiger partial charge >= 0.3 is 0 Å². The second kappa shape index (κ2) is 7.01. The zero-order valence-corrected chi connectivity index (χ0v) is 14.8. The number of ether oxygens (including phenoxy) is 2. The first-order valence-electron chi connectivity index (χ1n) is 8.86. The van der Waals surface area contributed by atoms with Gasteiger partial charge in [-0.2, -0.15) is 0 Å². The SMILES string of the molecule is CN(C(=O)c1ccnc(N2CCC3(CC2)OCCO3)n1)c1ccccc1. The lowest BCUT2D eigenvalue weighted by Gasteiger charge is -2.37. The van der Waals surface area contributed by atoms with Crippen LogP contribution in [0.2, 0.25) is 0 Å². The first kappa shape index (κ1) is 16.9. The van der Waals surface area contributed by atoms with Gasteiger partial charge in [-0.1, -0.05) is 18.2 Å². The van der Waals surface area contributed by atoms with Gasteiger partial charge in [0.2, 0.25) is 5.95 Å². The number of amides is 1. The maximum absolute atomic E-state index is 12.8. The highest BCUT2D eigenvalue weighted by Crippen LogP contribution is 2.32. The van der Waals surface area contributed by atoms with Crippen LogP contribution in [-0.2, 0) is 9.47 Å². The predicted octanol–water partition coefficient (Wildman–Crippen LogP) is 2.10. The fraction of sp³-hybridized carbons (Fsp3) is 0.421. The van der Waals surface area contributed by atoms with E-state index in [1.165, 1.54) is 0 Å². The molecule has 2 aliphatic rings. The van der Waals surface area contributed by atoms with Crippen LogP contribution in [-0.4, -0.2) is 55.0 Å². The van der Waals surface area contributed by atoms with Crippen LogP contribution in [0, 0.1) is 0 Å². The third kappa shape index (κ3) is 3.27. The van der Waals surface area contributed by atoms with Gasteiger partial charge in [0.05, 0.1) is 13.2 Å². The van der Waals surface area contributed by atoms with Gasteiger partial charge in [-0.05, 0) is 18.2 Å². The van der Waals surface area contributed by atoms with Crippen LogP contribution < -0.4 is 9.80 Å². The number of para-hydroxylation sites is 1. The topological polar surface area (TPSA) is 67.8 Å². The Morgan fingerprint density at radius 2 is 1.81 bits per heavy atom. The summed E-state index contributed by atoms with van der Waals surface area (Å²) < 4.78 is 11.5. The van der Waals surface area contributed by atoms with Crippen molar-refractivity contribution < 1.29 is 14.3 Å². The molecule has 1 spiro atoms. The summed E-state index contributed by atoms with van der Waals surface area (Å²) in [6, 6.07) is 11.2. The molecular weight excluding hydrogens is 332 g/mol. The van der Waals surface area contributed by atoms with E-state index in [4.69, 9.17) is 9.47 Å². The summed E-state index contributed by atoms with van der Waals surface area (Å²) in [6.07, 6.45) is 3.19. The zero-order valence-electron chi connectivity index (χ0n) is 14.8. The lowest BCUT2D eigenvalue weighted by Crippen LogP contribution is -2.45. The van der Waals surface area contributed by atoms with E-state index in [0.29, 0.717) is 24.9 Å². The second-order valence-electron chi connectivity index (χ2n) is 6.54. The Morgan fingerprint density at radius 3 is 2.50 bits per heavy atom. The number of piperidine rings is 1. The molecule has 4 rings (SSSR count). The molecule has 0 atom stereocenters. The van der Waals surface area contributed by atoms with Crippen molar-refractivity contribution >= 4 is 17.5 Å². The summed E-state index contributed by atoms with van der Waals surface area (Å²) in [4.78, 5) is 25.3. The highest BCUT2D eigenvalue weighted by molar-refractivity contribution is 6.04. The van der Waals surface area contributed by atoms with Gasteiger partial charge in [-0.25, -0.2) is 9.97 Å². The molecule has 0 bridgehead atoms. The number of carbonyl (C=O) groups is 1. The van der Waals surface area contributed by atoms with E-state index in [-0.39, 0.29) is 5.91 Å². The molecule has 26 heavy (non-hydrogen) atoms. The van der Waals surface area contributed by atoms with Crippen molar-refractivity contribution in [3.8, 4) is 0 Å². The van der Waals surface area contributed by atoms with Crippen LogP contribution in [0.5, 0.6) is 0 Å². The Morgan fingerprint density at radius 1 is 1.12 bits per heavy atom. The Balaban J connectivity index is 1.47. The van der Waals surface area contributed by atoms with Crippen molar-refractivity contribution in [3.05, 3.63) is 48.3 Å². The fourth-order valence-electron chi connectivity index (χ4n) is 3.39. The summed E-state index contributed by atoms with van der Waals surface area (Å²) in [5.41, 5.74) is 1.21. The molecule has 136 valence electrons. The summed E-state index contributed by atoms with van der Waals surface area (Å²) in [6.45, 7) is 2.80. The number of anilines is 2. The molecule has 2 saturated heterocycles. The first-order valence-corrected chi connectivity index (χ1v) is 8.86. The van der Waals surface area contributed by atoms with Crippen molar-refractivity contribution in [2.45, 2.75) is 18.6 Å². The van der Waals surface area contributed by atoms with E-state index in [2.05, 4.69) is 14.9 Å². The smallest absolute Gasteiger partial charge is 0.276 e. The monoisotopic (exact) mass is 354 g/mol. The van der Waals surface area contributed by atoms with Gasteiger partial charge in [0.15, 0.2) is 5.79 Å². The van der Waals surface area contributed by atoms with E-state index in [9.17, 15) is 4.79 Å². The van der Waals surface area contributed by atoms with Gasteiger partial charge in [-0.3, -0.25) is 4.79 Å². The third-order valence-corrected chi connectivity index (χ3v) is 4.93. The Labute approximate surface area is 152 Å². The Hall–Kier alpha value is -2.51. The lowest BCUT2D eigenvalue weighted by molar-refractivity contribution is -0.169. The largest absolute Gasteiger partial charge is 0.347 e. The number of carbonyl (C=O) groups excluding carboxylic acids is 1. The average molecular weight is 354 g/mol. The van der Waals surface area contributed by atoms with E-state index in [1.807, 2.05) is 30.3 Å². The quantitative estimate of drug-likeness (QED) is 0.841. The highest BCUT2D eigenvalue weighted by Gasteiger charge is 2.40. The number of aromatic nitrogens is 2. The number of nitrogens with zero attached hydrogens (tertiary/aromatic N) is 4. The molecule has 7 heteroatoms. The molecule has 1 aromatic carbocycles. The molecule has 1 aromatic heterocycles. The van der Waals surface area contributed by atoms with Crippen LogP contribution in [0.1, 0.15) is 23.3 Å². The van der Waals surface area contributed by atoms with Crippen LogP contribution >= 0.6 is 0 Å². The van der Waals surface area contributed by atoms with Crippen LogP contribution in [0.3, 0.4) is 0 Å². The van der Waals surface area contributed by atoms with Gasteiger partial charge in [0, 0.05) is 44.9 Å². The van der Waals surface area contributed by atoms with Crippen LogP contribution in [0.25, 0.3) is 0 Å². The van der Waals surface area contributed by atoms with Crippen LogP contribution in [0.4, 0.5) is 11.6 Å². The normalized spacial score (nSPS) is 18.9. The minimum Gasteiger partial charge on any atom is -0.347 e. The zero-order chi connectivity index (χ0) is 18.0. The van der Waals surface area contributed by atoms with Gasteiger partial charge < -0.3 is 19.3 Å². The molecule has 3 heterocycles. The number of hydrogen-bond acceptors (Lipinski definition) is 6. The first-order chi connectivity index (χ1) is 12.7. The van der Waals surface area contributed by atoms with Gasteiger partial charge in [0.25, 0.3) is 5.91 Å². The Kier molecular flexibility index (Phi) is 4.57. The molecule has 0 saturated carbocycles. The van der Waals surface area contributed by atoms with Gasteiger partial charge in [0.1, 0.15) is 5.69 Å². The molecule has 2 aromatic rings. The maximum atomic E-state index is 12.8. The van der Waals surface area contributed by atoms with Crippen LogP contribution in [0.15, 0.2) is 42.6 Å². The molecule has 0 radical (unpaired) electrons. The second-order valence-corrected chi connectivity index (χ2v) is 6.54. The minimum atomic E-state index is -0.433. The summed E-state index contributed by atoms with van der Waals surface area (Å²) in [5.74, 6) is -0.0155. The number of hydrogen-bond donors (Lipinski definition) is 0. The van der Waals surface area contributed by atoms with Crippen molar-refractivity contribution in [2.75, 3.05) is 43.2 Å². The highest BCUT2D eigenvalue weighted by atomic mass is 16.7. The molecule has 2 aliphatic heterocycles. The van der Waals surface area contributed by atoms with E-state index >= 15 is 0 Å². The number of rotatable bonds is 3. The standard InChI is InChI=1S/C19H22N4O3/c1-22(15-5-3-2-4-6-15)17(24)16-7-10-20-18(21-16)23-11-8-19(9-12-23)25-13-14-26-19/h2-7,10H,8-9,11-14H2,1H3. The fourth-order valence-corrected chi connectivity index (χ4v) is 3.39. The average Bonchev–Trinajstić information content (AvgIpc) is 3.16. The van der Waals surface area contributed by atoms with E-state index < -0.39 is 5.79 Å². The third-order valence-electron chi connectivity index (χ3n) is 4.93. The molecule has 0 N–H and O–H groups in total. The van der Waals surface area contributed by atoms with Crippen molar-refractivity contribution in [1.82, 2.24) is 9.97 Å². The van der Waals surface area contributed by atoms with Gasteiger partial charge in [-0.15, -0.1) is 0 Å². The minimum absolute atomic E-state index is 0.157. The molecule has 0 aliphatic carbocycles. The van der Waals surface area contributed by atoms with E-state index in [1.54, 1.807) is 24.2 Å². The lowest BCUT2D eigenvalue weighted by atomic mass is 10.0. The summed E-state index contributed by atoms with van der Waals surface area (Å²) in [5, 5.41) is 0. The summed E-state index contributed by atoms with van der Waals surface area (Å²) >= 11 is 0. The Bertz CT molecular complexity index is 767. The maximum Gasteiger partial charge on any atom is 0.276 e. The molecule has 7 nitrogen and oxygen atoms in total. The number of benzene rings is 1. The van der Waals surface area contributed by atoms with Crippen molar-refractivity contribution in [2.24, 2.45) is 0 Å². The molecule has 1 amide bonds. The molecule has 0 unspecified atom stereocenters. The van der Waals surface area contributed by atoms with Crippen molar-refractivity contribution in [3.63, 3.8) is 0 Å². The van der Waals surface area contributed by atoms with E-state index in [0.717, 1.165) is 31.6 Å².